The number of carbonyl (C=O) groups is 2. The fourth-order valence-electron chi connectivity index (χ4n) is 2.56. The predicted octanol–water partition coefficient (Wildman–Crippen LogP) is 1.82. The van der Waals surface area contributed by atoms with E-state index in [0.29, 0.717) is 5.69 Å². The molecular formula is C18H18N4O5. The maximum Gasteiger partial charge on any atom is 0.361 e. The molecule has 0 unspecified atom stereocenters. The zero-order valence-electron chi connectivity index (χ0n) is 15.1. The Morgan fingerprint density at radius 2 is 2.07 bits per heavy atom. The van der Waals surface area contributed by atoms with Crippen LogP contribution in [0, 0.1) is 13.8 Å². The molecule has 2 aromatic heterocycles. The van der Waals surface area contributed by atoms with Crippen molar-refractivity contribution < 1.29 is 18.8 Å². The molecule has 0 fully saturated rings. The van der Waals surface area contributed by atoms with Gasteiger partial charge in [-0.2, -0.15) is 0 Å². The number of anilines is 1. The largest absolute Gasteiger partial charge is 0.461 e. The van der Waals surface area contributed by atoms with Gasteiger partial charge in [-0.15, -0.1) is 0 Å². The highest BCUT2D eigenvalue weighted by Gasteiger charge is 2.22. The summed E-state index contributed by atoms with van der Waals surface area (Å²) in [6, 6.07) is 5.56. The van der Waals surface area contributed by atoms with E-state index in [1.165, 1.54) is 6.33 Å². The number of aromatic nitrogens is 3. The molecule has 0 radical (unpaired) electrons. The van der Waals surface area contributed by atoms with Crippen LogP contribution in [0.4, 0.5) is 5.69 Å². The van der Waals surface area contributed by atoms with Crippen molar-refractivity contribution >= 4 is 28.7 Å². The number of esters is 1. The molecule has 0 aliphatic rings. The van der Waals surface area contributed by atoms with Crippen molar-refractivity contribution in [1.82, 2.24) is 14.7 Å². The molecule has 27 heavy (non-hydrogen) atoms. The molecular weight excluding hydrogens is 352 g/mol. The van der Waals surface area contributed by atoms with Crippen molar-refractivity contribution in [1.29, 1.82) is 0 Å². The van der Waals surface area contributed by atoms with Crippen molar-refractivity contribution in [3.05, 3.63) is 51.7 Å². The molecule has 0 bridgehead atoms. The number of nitrogens with zero attached hydrogens (tertiary/aromatic N) is 3. The molecule has 140 valence electrons. The minimum Gasteiger partial charge on any atom is -0.461 e. The Morgan fingerprint density at radius 1 is 1.30 bits per heavy atom. The maximum absolute atomic E-state index is 12.7. The van der Waals surface area contributed by atoms with Crippen LogP contribution in [0.2, 0.25) is 0 Å². The van der Waals surface area contributed by atoms with Gasteiger partial charge in [0, 0.05) is 5.69 Å². The van der Waals surface area contributed by atoms with Crippen LogP contribution < -0.4 is 10.9 Å². The lowest BCUT2D eigenvalue weighted by molar-refractivity contribution is -0.116. The number of ether oxygens (including phenoxy) is 1. The summed E-state index contributed by atoms with van der Waals surface area (Å²) in [5.41, 5.74) is 1.69. The van der Waals surface area contributed by atoms with Gasteiger partial charge < -0.3 is 14.6 Å². The molecule has 0 aliphatic heterocycles. The van der Waals surface area contributed by atoms with Crippen LogP contribution in [0.25, 0.3) is 11.1 Å². The van der Waals surface area contributed by atoms with Gasteiger partial charge in [0.2, 0.25) is 11.6 Å². The van der Waals surface area contributed by atoms with Gasteiger partial charge in [0.05, 0.1) is 6.61 Å². The summed E-state index contributed by atoms with van der Waals surface area (Å²) in [6.07, 6.45) is 1.17. The Morgan fingerprint density at radius 3 is 2.81 bits per heavy atom. The van der Waals surface area contributed by atoms with Gasteiger partial charge in [-0.25, -0.2) is 9.78 Å². The molecule has 3 aromatic rings. The minimum absolute atomic E-state index is 0.0887. The highest BCUT2D eigenvalue weighted by Crippen LogP contribution is 2.18. The first-order valence-electron chi connectivity index (χ1n) is 8.30. The smallest absolute Gasteiger partial charge is 0.361 e. The Balaban J connectivity index is 1.89. The van der Waals surface area contributed by atoms with Gasteiger partial charge in [0.1, 0.15) is 18.3 Å². The standard InChI is InChI=1S/C18H18N4O5/c1-4-26-18(25)15-14-16(27-21-15)19-9-22(17(14)24)8-13(23)20-12-7-5-6-10(2)11(12)3/h5-7,9H,4,8H2,1-3H3,(H,20,23). The predicted molar refractivity (Wildman–Crippen MR) is 96.6 cm³/mol. The van der Waals surface area contributed by atoms with E-state index in [0.717, 1.165) is 15.7 Å². The number of aryl methyl sites for hydroxylation is 1. The molecule has 9 heteroatoms. The summed E-state index contributed by atoms with van der Waals surface area (Å²) < 4.78 is 10.8. The maximum atomic E-state index is 12.7. The van der Waals surface area contributed by atoms with Crippen LogP contribution in [0.1, 0.15) is 28.5 Å². The van der Waals surface area contributed by atoms with Gasteiger partial charge in [0.15, 0.2) is 0 Å². The van der Waals surface area contributed by atoms with Gasteiger partial charge in [-0.3, -0.25) is 14.2 Å². The molecule has 2 heterocycles. The van der Waals surface area contributed by atoms with E-state index in [9.17, 15) is 14.4 Å². The van der Waals surface area contributed by atoms with E-state index in [-0.39, 0.29) is 29.9 Å². The third-order valence-corrected chi connectivity index (χ3v) is 4.12. The van der Waals surface area contributed by atoms with Gasteiger partial charge in [0.25, 0.3) is 11.3 Å². The number of carbonyl (C=O) groups excluding carboxylic acids is 2. The molecule has 1 N–H and O–H groups in total. The second-order valence-corrected chi connectivity index (χ2v) is 5.91. The van der Waals surface area contributed by atoms with Crippen molar-refractivity contribution in [2.75, 3.05) is 11.9 Å². The molecule has 3 rings (SSSR count). The fraction of sp³-hybridized carbons (Fsp3) is 0.278. The Bertz CT molecular complexity index is 1080. The lowest BCUT2D eigenvalue weighted by Gasteiger charge is -2.11. The summed E-state index contributed by atoms with van der Waals surface area (Å²) in [5, 5.41) is 6.21. The van der Waals surface area contributed by atoms with E-state index >= 15 is 0 Å². The minimum atomic E-state index is -0.785. The number of fused-ring (bicyclic) bond motifs is 1. The van der Waals surface area contributed by atoms with E-state index in [1.54, 1.807) is 13.0 Å². The molecule has 0 atom stereocenters. The Hall–Kier alpha value is -3.49. The zero-order valence-corrected chi connectivity index (χ0v) is 15.1. The second-order valence-electron chi connectivity index (χ2n) is 5.91. The van der Waals surface area contributed by atoms with Crippen LogP contribution in [-0.2, 0) is 16.1 Å². The molecule has 1 amide bonds. The average Bonchev–Trinajstić information content (AvgIpc) is 3.06. The molecule has 0 saturated carbocycles. The lowest BCUT2D eigenvalue weighted by Crippen LogP contribution is -2.28. The van der Waals surface area contributed by atoms with Gasteiger partial charge in [-0.1, -0.05) is 17.3 Å². The summed E-state index contributed by atoms with van der Waals surface area (Å²) in [7, 11) is 0. The molecule has 0 spiro atoms. The number of amides is 1. The highest BCUT2D eigenvalue weighted by atomic mass is 16.5. The third kappa shape index (κ3) is 3.57. The summed E-state index contributed by atoms with van der Waals surface area (Å²) in [6.45, 7) is 5.32. The number of hydrogen-bond donors (Lipinski definition) is 1. The van der Waals surface area contributed by atoms with Crippen LogP contribution in [0.3, 0.4) is 0 Å². The lowest BCUT2D eigenvalue weighted by atomic mass is 10.1. The second kappa shape index (κ2) is 7.40. The molecule has 9 nitrogen and oxygen atoms in total. The number of rotatable bonds is 5. The van der Waals surface area contributed by atoms with Gasteiger partial charge >= 0.3 is 5.97 Å². The molecule has 0 saturated heterocycles. The number of hydrogen-bond acceptors (Lipinski definition) is 7. The first-order valence-corrected chi connectivity index (χ1v) is 8.30. The monoisotopic (exact) mass is 370 g/mol. The summed E-state index contributed by atoms with van der Waals surface area (Å²) in [4.78, 5) is 40.9. The highest BCUT2D eigenvalue weighted by molar-refractivity contribution is 6.00. The Labute approximate surface area is 153 Å². The van der Waals surface area contributed by atoms with E-state index in [4.69, 9.17) is 9.26 Å². The van der Waals surface area contributed by atoms with E-state index < -0.39 is 17.4 Å². The first-order chi connectivity index (χ1) is 12.9. The summed E-state index contributed by atoms with van der Waals surface area (Å²) >= 11 is 0. The topological polar surface area (TPSA) is 116 Å². The van der Waals surface area contributed by atoms with E-state index in [2.05, 4.69) is 15.5 Å². The quantitative estimate of drug-likeness (QED) is 0.681. The average molecular weight is 370 g/mol. The van der Waals surface area contributed by atoms with Crippen LogP contribution >= 0.6 is 0 Å². The Kier molecular flexibility index (Phi) is 5.02. The normalized spacial score (nSPS) is 10.8. The number of nitrogens with one attached hydrogen (secondary N) is 1. The van der Waals surface area contributed by atoms with Crippen molar-refractivity contribution in [2.24, 2.45) is 0 Å². The number of benzene rings is 1. The van der Waals surface area contributed by atoms with Crippen molar-refractivity contribution in [3.63, 3.8) is 0 Å². The molecule has 0 aliphatic carbocycles. The van der Waals surface area contributed by atoms with Crippen molar-refractivity contribution in [3.8, 4) is 0 Å². The van der Waals surface area contributed by atoms with E-state index in [1.807, 2.05) is 26.0 Å². The van der Waals surface area contributed by atoms with Crippen molar-refractivity contribution in [2.45, 2.75) is 27.3 Å². The van der Waals surface area contributed by atoms with Gasteiger partial charge in [-0.05, 0) is 38.0 Å². The molecule has 1 aromatic carbocycles. The third-order valence-electron chi connectivity index (χ3n) is 4.12. The summed E-state index contributed by atoms with van der Waals surface area (Å²) in [5.74, 6) is -1.19. The van der Waals surface area contributed by atoms with Crippen LogP contribution in [0.15, 0.2) is 33.8 Å². The van der Waals surface area contributed by atoms with Crippen LogP contribution in [-0.4, -0.2) is 33.2 Å². The SMILES string of the molecule is CCOC(=O)c1noc2ncn(CC(=O)Nc3cccc(C)c3C)c(=O)c12. The van der Waals surface area contributed by atoms with Crippen LogP contribution in [0.5, 0.6) is 0 Å². The zero-order chi connectivity index (χ0) is 19.6. The first kappa shape index (κ1) is 18.3. The fourth-order valence-corrected chi connectivity index (χ4v) is 2.56.